The molecule has 1 saturated heterocycles. The maximum Gasteiger partial charge on any atom is 0.374 e. The molecule has 0 spiro atoms. The van der Waals surface area contributed by atoms with Crippen molar-refractivity contribution in [3.8, 4) is 0 Å². The number of nitrogens with zero attached hydrogens (tertiary/aromatic N) is 1. The van der Waals surface area contributed by atoms with Gasteiger partial charge >= 0.3 is 5.97 Å². The second kappa shape index (κ2) is 5.57. The van der Waals surface area contributed by atoms with E-state index in [9.17, 15) is 4.79 Å². The average molecular weight is 251 g/mol. The summed E-state index contributed by atoms with van der Waals surface area (Å²) in [6.45, 7) is 7.47. The number of methoxy groups -OCH3 is 1. The Labute approximate surface area is 108 Å². The lowest BCUT2D eigenvalue weighted by molar-refractivity contribution is 0.0560. The lowest BCUT2D eigenvalue weighted by Crippen LogP contribution is -2.38. The van der Waals surface area contributed by atoms with Gasteiger partial charge in [-0.05, 0) is 24.3 Å². The summed E-state index contributed by atoms with van der Waals surface area (Å²) in [5.74, 6) is 1.36. The standard InChI is InChI=1S/C14H21NO3/c1-10-6-11(2)8-15(7-10)9-12-4-5-18-13(12)14(16)17-3/h4-5,10-11H,6-9H2,1-3H3. The predicted molar refractivity (Wildman–Crippen MR) is 68.3 cm³/mol. The van der Waals surface area contributed by atoms with Crippen LogP contribution in [-0.4, -0.2) is 31.1 Å². The third-order valence-electron chi connectivity index (χ3n) is 3.46. The van der Waals surface area contributed by atoms with Crippen LogP contribution in [0.3, 0.4) is 0 Å². The van der Waals surface area contributed by atoms with Gasteiger partial charge in [-0.2, -0.15) is 0 Å². The molecule has 2 heterocycles. The van der Waals surface area contributed by atoms with Crippen LogP contribution in [0, 0.1) is 11.8 Å². The molecule has 1 fully saturated rings. The van der Waals surface area contributed by atoms with Crippen LogP contribution < -0.4 is 0 Å². The summed E-state index contributed by atoms with van der Waals surface area (Å²) < 4.78 is 9.93. The van der Waals surface area contributed by atoms with Gasteiger partial charge in [-0.25, -0.2) is 4.79 Å². The van der Waals surface area contributed by atoms with Gasteiger partial charge in [0.1, 0.15) is 0 Å². The van der Waals surface area contributed by atoms with Crippen molar-refractivity contribution in [1.82, 2.24) is 4.90 Å². The second-order valence-corrected chi connectivity index (χ2v) is 5.41. The monoisotopic (exact) mass is 251 g/mol. The number of hydrogen-bond acceptors (Lipinski definition) is 4. The minimum absolute atomic E-state index is 0.336. The fraction of sp³-hybridized carbons (Fsp3) is 0.643. The summed E-state index contributed by atoms with van der Waals surface area (Å²) in [6, 6.07) is 1.86. The van der Waals surface area contributed by atoms with Crippen LogP contribution in [0.25, 0.3) is 0 Å². The molecule has 4 heteroatoms. The van der Waals surface area contributed by atoms with E-state index in [-0.39, 0.29) is 0 Å². The lowest BCUT2D eigenvalue weighted by Gasteiger charge is -2.34. The molecule has 1 aromatic heterocycles. The van der Waals surface area contributed by atoms with E-state index < -0.39 is 5.97 Å². The van der Waals surface area contributed by atoms with Crippen molar-refractivity contribution in [2.45, 2.75) is 26.8 Å². The maximum absolute atomic E-state index is 11.5. The van der Waals surface area contributed by atoms with Crippen LogP contribution in [0.5, 0.6) is 0 Å². The number of piperidine rings is 1. The van der Waals surface area contributed by atoms with Crippen molar-refractivity contribution in [1.29, 1.82) is 0 Å². The van der Waals surface area contributed by atoms with E-state index in [4.69, 9.17) is 9.15 Å². The zero-order valence-corrected chi connectivity index (χ0v) is 11.3. The van der Waals surface area contributed by atoms with Gasteiger partial charge < -0.3 is 9.15 Å². The number of furan rings is 1. The molecule has 0 bridgehead atoms. The summed E-state index contributed by atoms with van der Waals surface area (Å²) in [4.78, 5) is 13.9. The topological polar surface area (TPSA) is 42.7 Å². The molecule has 0 aromatic carbocycles. The van der Waals surface area contributed by atoms with Crippen LogP contribution in [0.4, 0.5) is 0 Å². The summed E-state index contributed by atoms with van der Waals surface area (Å²) in [7, 11) is 1.37. The maximum atomic E-state index is 11.5. The van der Waals surface area contributed by atoms with Crippen LogP contribution in [0.2, 0.25) is 0 Å². The first kappa shape index (κ1) is 13.1. The van der Waals surface area contributed by atoms with E-state index >= 15 is 0 Å². The van der Waals surface area contributed by atoms with Gasteiger partial charge in [0.2, 0.25) is 5.76 Å². The van der Waals surface area contributed by atoms with Crippen LogP contribution >= 0.6 is 0 Å². The molecule has 2 atom stereocenters. The summed E-state index contributed by atoms with van der Waals surface area (Å²) in [6.07, 6.45) is 2.84. The zero-order chi connectivity index (χ0) is 13.1. The molecule has 18 heavy (non-hydrogen) atoms. The second-order valence-electron chi connectivity index (χ2n) is 5.41. The number of carbonyl (C=O) groups is 1. The van der Waals surface area contributed by atoms with Gasteiger partial charge in [-0.1, -0.05) is 13.8 Å². The van der Waals surface area contributed by atoms with E-state index in [1.165, 1.54) is 13.5 Å². The molecule has 0 amide bonds. The summed E-state index contributed by atoms with van der Waals surface area (Å²) in [5, 5.41) is 0. The Bertz CT molecular complexity index is 403. The summed E-state index contributed by atoms with van der Waals surface area (Å²) in [5.41, 5.74) is 0.920. The molecule has 0 radical (unpaired) electrons. The number of esters is 1. The molecule has 4 nitrogen and oxygen atoms in total. The third-order valence-corrected chi connectivity index (χ3v) is 3.46. The lowest BCUT2D eigenvalue weighted by atomic mass is 9.91. The fourth-order valence-electron chi connectivity index (χ4n) is 2.89. The minimum Gasteiger partial charge on any atom is -0.463 e. The zero-order valence-electron chi connectivity index (χ0n) is 11.3. The Morgan fingerprint density at radius 2 is 2.11 bits per heavy atom. The molecule has 0 aliphatic carbocycles. The normalized spacial score (nSPS) is 25.1. The highest BCUT2D eigenvalue weighted by atomic mass is 16.5. The van der Waals surface area contributed by atoms with Gasteiger partial charge in [0.15, 0.2) is 0 Å². The molecule has 2 unspecified atom stereocenters. The van der Waals surface area contributed by atoms with Gasteiger partial charge in [-0.3, -0.25) is 4.90 Å². The van der Waals surface area contributed by atoms with Crippen LogP contribution in [0.15, 0.2) is 16.7 Å². The highest BCUT2D eigenvalue weighted by Crippen LogP contribution is 2.23. The molecule has 1 aliphatic heterocycles. The number of likely N-dealkylation sites (tertiary alicyclic amines) is 1. The SMILES string of the molecule is COC(=O)c1occc1CN1CC(C)CC(C)C1. The molecule has 100 valence electrons. The van der Waals surface area contributed by atoms with Crippen molar-refractivity contribution in [2.75, 3.05) is 20.2 Å². The highest BCUT2D eigenvalue weighted by molar-refractivity contribution is 5.87. The first-order valence-corrected chi connectivity index (χ1v) is 6.47. The van der Waals surface area contributed by atoms with Gasteiger partial charge in [0.25, 0.3) is 0 Å². The molecule has 1 aliphatic rings. The van der Waals surface area contributed by atoms with Crippen molar-refractivity contribution in [3.63, 3.8) is 0 Å². The molecule has 0 N–H and O–H groups in total. The molecular weight excluding hydrogens is 230 g/mol. The first-order valence-electron chi connectivity index (χ1n) is 6.47. The van der Waals surface area contributed by atoms with Crippen LogP contribution in [0.1, 0.15) is 36.4 Å². The van der Waals surface area contributed by atoms with E-state index in [1.807, 2.05) is 6.07 Å². The average Bonchev–Trinajstić information content (AvgIpc) is 2.74. The fourth-order valence-corrected chi connectivity index (χ4v) is 2.89. The molecule has 0 saturated carbocycles. The third kappa shape index (κ3) is 2.93. The van der Waals surface area contributed by atoms with E-state index in [2.05, 4.69) is 18.7 Å². The Hall–Kier alpha value is -1.29. The number of ether oxygens (including phenoxy) is 1. The minimum atomic E-state index is -0.395. The number of hydrogen-bond donors (Lipinski definition) is 0. The summed E-state index contributed by atoms with van der Waals surface area (Å²) >= 11 is 0. The molecule has 1 aromatic rings. The first-order chi connectivity index (χ1) is 8.60. The van der Waals surface area contributed by atoms with Crippen LogP contribution in [-0.2, 0) is 11.3 Å². The molecular formula is C14H21NO3. The Morgan fingerprint density at radius 3 is 2.72 bits per heavy atom. The number of rotatable bonds is 3. The Morgan fingerprint density at radius 1 is 1.44 bits per heavy atom. The van der Waals surface area contributed by atoms with E-state index in [0.29, 0.717) is 17.6 Å². The largest absolute Gasteiger partial charge is 0.463 e. The quantitative estimate of drug-likeness (QED) is 0.774. The van der Waals surface area contributed by atoms with Crippen molar-refractivity contribution >= 4 is 5.97 Å². The van der Waals surface area contributed by atoms with E-state index in [0.717, 1.165) is 25.2 Å². The van der Waals surface area contributed by atoms with Crippen molar-refractivity contribution in [3.05, 3.63) is 23.7 Å². The smallest absolute Gasteiger partial charge is 0.374 e. The predicted octanol–water partition coefficient (Wildman–Crippen LogP) is 2.54. The Balaban J connectivity index is 2.05. The molecule has 2 rings (SSSR count). The van der Waals surface area contributed by atoms with Gasteiger partial charge in [0.05, 0.1) is 13.4 Å². The van der Waals surface area contributed by atoms with Gasteiger partial charge in [0, 0.05) is 25.2 Å². The Kier molecular flexibility index (Phi) is 4.07. The number of carbonyl (C=O) groups excluding carboxylic acids is 1. The van der Waals surface area contributed by atoms with E-state index in [1.54, 1.807) is 6.26 Å². The highest BCUT2D eigenvalue weighted by Gasteiger charge is 2.24. The van der Waals surface area contributed by atoms with Crippen molar-refractivity contribution in [2.24, 2.45) is 11.8 Å². The van der Waals surface area contributed by atoms with Gasteiger partial charge in [-0.15, -0.1) is 0 Å². The van der Waals surface area contributed by atoms with Crippen molar-refractivity contribution < 1.29 is 13.9 Å².